The van der Waals surface area contributed by atoms with Gasteiger partial charge in [-0.15, -0.1) is 0 Å². The molecule has 4 aromatic heterocycles. The molecule has 1 N–H and O–H groups in total. The van der Waals surface area contributed by atoms with Crippen molar-refractivity contribution in [2.45, 2.75) is 0 Å². The molecule has 12 heteroatoms. The van der Waals surface area contributed by atoms with E-state index < -0.39 is 5.95 Å². The van der Waals surface area contributed by atoms with Crippen molar-refractivity contribution in [3.8, 4) is 0 Å². The maximum absolute atomic E-state index is 13.3. The molecule has 1 aliphatic rings. The summed E-state index contributed by atoms with van der Waals surface area (Å²) in [5.74, 6) is 0.267. The molecule has 0 bridgehead atoms. The summed E-state index contributed by atoms with van der Waals surface area (Å²) in [7, 11) is 1.84. The van der Waals surface area contributed by atoms with Crippen molar-refractivity contribution in [3.63, 3.8) is 0 Å². The summed E-state index contributed by atoms with van der Waals surface area (Å²) in [4.78, 5) is 41.4. The fourth-order valence-electron chi connectivity index (χ4n) is 3.53. The van der Waals surface area contributed by atoms with Gasteiger partial charge < -0.3 is 19.7 Å². The molecule has 0 radical (unpaired) electrons. The minimum atomic E-state index is -0.547. The highest BCUT2D eigenvalue weighted by molar-refractivity contribution is 6.05. The van der Waals surface area contributed by atoms with Gasteiger partial charge in [0.25, 0.3) is 5.91 Å². The lowest BCUT2D eigenvalue weighted by Crippen LogP contribution is -2.47. The van der Waals surface area contributed by atoms with E-state index in [1.807, 2.05) is 16.8 Å². The van der Waals surface area contributed by atoms with E-state index in [2.05, 4.69) is 35.2 Å². The first-order valence-electron chi connectivity index (χ1n) is 9.95. The van der Waals surface area contributed by atoms with Gasteiger partial charge in [-0.25, -0.2) is 29.9 Å². The summed E-state index contributed by atoms with van der Waals surface area (Å²) < 4.78 is 15.1. The van der Waals surface area contributed by atoms with Crippen molar-refractivity contribution in [1.29, 1.82) is 0 Å². The van der Waals surface area contributed by atoms with Crippen LogP contribution in [0.3, 0.4) is 0 Å². The van der Waals surface area contributed by atoms with E-state index in [4.69, 9.17) is 0 Å². The average molecular weight is 434 g/mol. The Kier molecular flexibility index (Phi) is 5.01. The third-order valence-corrected chi connectivity index (χ3v) is 5.22. The van der Waals surface area contributed by atoms with Crippen molar-refractivity contribution >= 4 is 34.5 Å². The molecule has 0 unspecified atom stereocenters. The molecule has 4 aromatic rings. The topological polar surface area (TPSA) is 118 Å². The third kappa shape index (κ3) is 3.89. The Labute approximate surface area is 182 Å². The zero-order valence-corrected chi connectivity index (χ0v) is 17.2. The van der Waals surface area contributed by atoms with E-state index in [1.54, 1.807) is 29.4 Å². The van der Waals surface area contributed by atoms with Crippen molar-refractivity contribution < 1.29 is 9.18 Å². The number of imidazole rings is 1. The maximum atomic E-state index is 13.3. The monoisotopic (exact) mass is 434 g/mol. The number of fused-ring (bicyclic) bond motifs is 1. The number of anilines is 3. The molecule has 0 saturated carbocycles. The van der Waals surface area contributed by atoms with Gasteiger partial charge in [0.15, 0.2) is 5.65 Å². The zero-order valence-electron chi connectivity index (χ0n) is 17.2. The van der Waals surface area contributed by atoms with Crippen LogP contribution >= 0.6 is 0 Å². The normalized spacial score (nSPS) is 14.1. The predicted octanol–water partition coefficient (Wildman–Crippen LogP) is 1.27. The van der Waals surface area contributed by atoms with E-state index in [-0.39, 0.29) is 5.91 Å². The van der Waals surface area contributed by atoms with Crippen molar-refractivity contribution in [2.24, 2.45) is 7.05 Å². The summed E-state index contributed by atoms with van der Waals surface area (Å²) in [6, 6.07) is 3.01. The van der Waals surface area contributed by atoms with Gasteiger partial charge in [-0.2, -0.15) is 4.39 Å². The number of amides is 1. The van der Waals surface area contributed by atoms with Gasteiger partial charge in [-0.3, -0.25) is 4.79 Å². The number of nitrogens with one attached hydrogen (secondary N) is 1. The lowest BCUT2D eigenvalue weighted by atomic mass is 10.2. The highest BCUT2D eigenvalue weighted by atomic mass is 19.1. The Bertz CT molecular complexity index is 1270. The molecule has 0 aliphatic carbocycles. The van der Waals surface area contributed by atoms with Gasteiger partial charge in [0, 0.05) is 45.5 Å². The molecule has 162 valence electrons. The Morgan fingerprint density at radius 3 is 2.44 bits per heavy atom. The quantitative estimate of drug-likeness (QED) is 0.474. The largest absolute Gasteiger partial charge is 0.353 e. The first-order chi connectivity index (χ1) is 15.6. The molecule has 11 nitrogen and oxygen atoms in total. The highest BCUT2D eigenvalue weighted by Crippen LogP contribution is 2.18. The average Bonchev–Trinajstić information content (AvgIpc) is 3.20. The molecule has 0 spiro atoms. The van der Waals surface area contributed by atoms with Crippen molar-refractivity contribution in [1.82, 2.24) is 34.5 Å². The molecule has 0 aromatic carbocycles. The van der Waals surface area contributed by atoms with Crippen LogP contribution in [-0.2, 0) is 7.05 Å². The lowest BCUT2D eigenvalue weighted by Gasteiger charge is -2.35. The number of hydrogen-bond acceptors (Lipinski definition) is 9. The second kappa shape index (κ2) is 8.13. The maximum Gasteiger partial charge on any atom is 0.257 e. The fourth-order valence-corrected chi connectivity index (χ4v) is 3.53. The van der Waals surface area contributed by atoms with E-state index in [9.17, 15) is 9.18 Å². The molecule has 5 heterocycles. The summed E-state index contributed by atoms with van der Waals surface area (Å²) in [5.41, 5.74) is 2.24. The first-order valence-corrected chi connectivity index (χ1v) is 9.95. The molecule has 1 amide bonds. The zero-order chi connectivity index (χ0) is 22.1. The van der Waals surface area contributed by atoms with Gasteiger partial charge in [-0.05, 0) is 6.07 Å². The summed E-state index contributed by atoms with van der Waals surface area (Å²) >= 11 is 0. The molecular formula is C20H19FN10O. The Balaban J connectivity index is 1.21. The number of pyridine rings is 1. The minimum absolute atomic E-state index is 0.313. The van der Waals surface area contributed by atoms with Crippen LogP contribution < -0.4 is 15.1 Å². The Hall–Kier alpha value is -4.22. The summed E-state index contributed by atoms with van der Waals surface area (Å²) in [5, 5.41) is 2.78. The molecule has 0 atom stereocenters. The van der Waals surface area contributed by atoms with Crippen molar-refractivity contribution in [2.75, 3.05) is 41.3 Å². The second-order valence-corrected chi connectivity index (χ2v) is 7.32. The predicted molar refractivity (Wildman–Crippen MR) is 115 cm³/mol. The first kappa shape index (κ1) is 19.7. The lowest BCUT2D eigenvalue weighted by molar-refractivity contribution is 0.102. The number of carbonyl (C=O) groups is 1. The fraction of sp³-hybridized carbons (Fsp3) is 0.250. The van der Waals surface area contributed by atoms with E-state index in [0.29, 0.717) is 60.4 Å². The van der Waals surface area contributed by atoms with Crippen LogP contribution in [0.25, 0.3) is 11.2 Å². The molecule has 32 heavy (non-hydrogen) atoms. The number of carbonyl (C=O) groups excluding carboxylic acids is 1. The highest BCUT2D eigenvalue weighted by Gasteiger charge is 2.20. The SMILES string of the molecule is Cn1cnc2cc(C(=O)Nc3cnc(N4CCN(c5cc(F)ncn5)CC4)nc3)cnc21. The standard InChI is InChI=1S/C20H19FN10O/c1-29-12-27-15-6-13(8-22-18(15)29)19(32)28-14-9-23-20(24-10-14)31-4-2-30(3-5-31)17-7-16(21)25-11-26-17/h6-12H,2-5H2,1H3,(H,28,32). The van der Waals surface area contributed by atoms with E-state index >= 15 is 0 Å². The van der Waals surface area contributed by atoms with Gasteiger partial charge in [0.2, 0.25) is 11.9 Å². The number of piperazine rings is 1. The molecule has 1 fully saturated rings. The number of aryl methyl sites for hydroxylation is 1. The molecule has 1 saturated heterocycles. The molecule has 1 aliphatic heterocycles. The Morgan fingerprint density at radius 2 is 1.69 bits per heavy atom. The van der Waals surface area contributed by atoms with Crippen LogP contribution in [0.4, 0.5) is 21.8 Å². The van der Waals surface area contributed by atoms with Crippen LogP contribution in [0, 0.1) is 5.95 Å². The van der Waals surface area contributed by atoms with Crippen molar-refractivity contribution in [3.05, 3.63) is 54.9 Å². The number of halogens is 1. The summed E-state index contributed by atoms with van der Waals surface area (Å²) in [6.07, 6.45) is 7.52. The number of rotatable bonds is 4. The second-order valence-electron chi connectivity index (χ2n) is 7.32. The van der Waals surface area contributed by atoms with Crippen LogP contribution in [0.1, 0.15) is 10.4 Å². The summed E-state index contributed by atoms with van der Waals surface area (Å²) in [6.45, 7) is 2.63. The van der Waals surface area contributed by atoms with Crippen LogP contribution in [0.2, 0.25) is 0 Å². The van der Waals surface area contributed by atoms with Crippen LogP contribution in [-0.4, -0.2) is 66.6 Å². The van der Waals surface area contributed by atoms with E-state index in [0.717, 1.165) is 0 Å². The minimum Gasteiger partial charge on any atom is -0.353 e. The molecular weight excluding hydrogens is 415 g/mol. The number of hydrogen-bond donors (Lipinski definition) is 1. The van der Waals surface area contributed by atoms with Gasteiger partial charge in [0.1, 0.15) is 17.7 Å². The van der Waals surface area contributed by atoms with Crippen LogP contribution in [0.15, 0.2) is 43.4 Å². The number of nitrogens with zero attached hydrogens (tertiary/aromatic N) is 9. The van der Waals surface area contributed by atoms with Crippen LogP contribution in [0.5, 0.6) is 0 Å². The number of aromatic nitrogens is 7. The van der Waals surface area contributed by atoms with Gasteiger partial charge in [-0.1, -0.05) is 0 Å². The molecule has 5 rings (SSSR count). The van der Waals surface area contributed by atoms with Gasteiger partial charge >= 0.3 is 0 Å². The third-order valence-electron chi connectivity index (χ3n) is 5.22. The smallest absolute Gasteiger partial charge is 0.257 e. The van der Waals surface area contributed by atoms with Gasteiger partial charge in [0.05, 0.1) is 30.0 Å². The van der Waals surface area contributed by atoms with E-state index in [1.165, 1.54) is 18.6 Å². The Morgan fingerprint density at radius 1 is 0.938 bits per heavy atom.